The van der Waals surface area contributed by atoms with E-state index in [1.54, 1.807) is 11.3 Å². The van der Waals surface area contributed by atoms with Gasteiger partial charge in [-0.3, -0.25) is 4.98 Å². The molecule has 0 fully saturated rings. The van der Waals surface area contributed by atoms with Crippen molar-refractivity contribution in [1.82, 2.24) is 10.3 Å². The van der Waals surface area contributed by atoms with Gasteiger partial charge in [-0.15, -0.1) is 11.3 Å². The van der Waals surface area contributed by atoms with Gasteiger partial charge in [0.25, 0.3) is 0 Å². The normalized spacial score (nSPS) is 14.5. The third kappa shape index (κ3) is 3.15. The summed E-state index contributed by atoms with van der Waals surface area (Å²) in [7, 11) is 0. The summed E-state index contributed by atoms with van der Waals surface area (Å²) < 4.78 is 1.18. The van der Waals surface area contributed by atoms with Crippen LogP contribution in [0.25, 0.3) is 0 Å². The van der Waals surface area contributed by atoms with Crippen molar-refractivity contribution in [3.8, 4) is 0 Å². The molecule has 0 amide bonds. The van der Waals surface area contributed by atoms with Gasteiger partial charge in [0, 0.05) is 33.8 Å². The molecule has 2 nitrogen and oxygen atoms in total. The second kappa shape index (κ2) is 5.76. The largest absolute Gasteiger partial charge is 0.303 e. The molecule has 4 heteroatoms. The molecule has 0 aliphatic heterocycles. The Hall–Kier alpha value is -0.710. The molecule has 0 aliphatic carbocycles. The minimum absolute atomic E-state index is 0.321. The lowest BCUT2D eigenvalue weighted by Gasteiger charge is -2.19. The number of nitrogens with one attached hydrogen (secondary N) is 1. The fourth-order valence-electron chi connectivity index (χ4n) is 1.81. The van der Waals surface area contributed by atoms with Crippen molar-refractivity contribution >= 4 is 27.3 Å². The number of hydrogen-bond acceptors (Lipinski definition) is 3. The van der Waals surface area contributed by atoms with Gasteiger partial charge in [0.05, 0.1) is 0 Å². The molecule has 0 radical (unpaired) electrons. The fraction of sp³-hybridized carbons (Fsp3) is 0.308. The number of pyridine rings is 1. The molecule has 2 rings (SSSR count). The van der Waals surface area contributed by atoms with E-state index in [4.69, 9.17) is 0 Å². The summed E-state index contributed by atoms with van der Waals surface area (Å²) in [6.07, 6.45) is 3.67. The van der Waals surface area contributed by atoms with Gasteiger partial charge in [-0.05, 0) is 58.9 Å². The highest BCUT2D eigenvalue weighted by Crippen LogP contribution is 2.30. The molecular formula is C13H15BrN2S. The molecule has 0 bridgehead atoms. The molecule has 2 aromatic rings. The second-order valence-corrected chi connectivity index (χ2v) is 5.83. The van der Waals surface area contributed by atoms with Crippen molar-refractivity contribution in [1.29, 1.82) is 0 Å². The Morgan fingerprint density at radius 3 is 2.47 bits per heavy atom. The smallest absolute Gasteiger partial charge is 0.0402 e. The molecule has 2 atom stereocenters. The van der Waals surface area contributed by atoms with E-state index >= 15 is 0 Å². The first kappa shape index (κ1) is 12.7. The summed E-state index contributed by atoms with van der Waals surface area (Å²) in [4.78, 5) is 5.38. The molecule has 1 unspecified atom stereocenters. The third-order valence-electron chi connectivity index (χ3n) is 2.74. The summed E-state index contributed by atoms with van der Waals surface area (Å²) in [5.74, 6) is 0. The highest BCUT2D eigenvalue weighted by molar-refractivity contribution is 9.10. The summed E-state index contributed by atoms with van der Waals surface area (Å²) >= 11 is 5.35. The van der Waals surface area contributed by atoms with Gasteiger partial charge in [0.2, 0.25) is 0 Å². The van der Waals surface area contributed by atoms with E-state index in [1.807, 2.05) is 24.5 Å². The number of nitrogens with zero attached hydrogens (tertiary/aromatic N) is 1. The molecule has 0 aliphatic rings. The van der Waals surface area contributed by atoms with Crippen molar-refractivity contribution in [2.24, 2.45) is 0 Å². The minimum atomic E-state index is 0.321. The van der Waals surface area contributed by atoms with Gasteiger partial charge in [-0.2, -0.15) is 0 Å². The maximum atomic E-state index is 4.04. The molecule has 0 spiro atoms. The number of halogens is 1. The van der Waals surface area contributed by atoms with Crippen molar-refractivity contribution in [2.75, 3.05) is 0 Å². The van der Waals surface area contributed by atoms with Gasteiger partial charge in [0.1, 0.15) is 0 Å². The first-order chi connectivity index (χ1) is 8.18. The topological polar surface area (TPSA) is 24.9 Å². The second-order valence-electron chi connectivity index (χ2n) is 4.02. The number of hydrogen-bond donors (Lipinski definition) is 1. The lowest BCUT2D eigenvalue weighted by Crippen LogP contribution is -2.22. The Kier molecular flexibility index (Phi) is 4.31. The van der Waals surface area contributed by atoms with E-state index in [-0.39, 0.29) is 0 Å². The van der Waals surface area contributed by atoms with Crippen molar-refractivity contribution in [3.63, 3.8) is 0 Å². The average molecular weight is 311 g/mol. The van der Waals surface area contributed by atoms with Crippen LogP contribution in [-0.4, -0.2) is 4.98 Å². The van der Waals surface area contributed by atoms with E-state index < -0.39 is 0 Å². The van der Waals surface area contributed by atoms with Crippen LogP contribution in [0.15, 0.2) is 40.4 Å². The molecule has 2 heterocycles. The predicted molar refractivity (Wildman–Crippen MR) is 76.2 cm³/mol. The van der Waals surface area contributed by atoms with Crippen LogP contribution in [0.4, 0.5) is 0 Å². The van der Waals surface area contributed by atoms with Crippen molar-refractivity contribution in [3.05, 3.63) is 50.9 Å². The van der Waals surface area contributed by atoms with Crippen LogP contribution in [0.5, 0.6) is 0 Å². The van der Waals surface area contributed by atoms with Crippen LogP contribution >= 0.6 is 27.3 Å². The molecule has 0 saturated carbocycles. The number of rotatable bonds is 4. The third-order valence-corrected chi connectivity index (χ3v) is 4.80. The van der Waals surface area contributed by atoms with Gasteiger partial charge in [0.15, 0.2) is 0 Å². The summed E-state index contributed by atoms with van der Waals surface area (Å²) in [5, 5.41) is 5.70. The number of thiophene rings is 1. The summed E-state index contributed by atoms with van der Waals surface area (Å²) in [6.45, 7) is 4.36. The van der Waals surface area contributed by atoms with Crippen LogP contribution in [0.3, 0.4) is 0 Å². The van der Waals surface area contributed by atoms with Crippen LogP contribution in [0, 0.1) is 0 Å². The molecule has 17 heavy (non-hydrogen) atoms. The van der Waals surface area contributed by atoms with Crippen LogP contribution in [-0.2, 0) is 0 Å². The van der Waals surface area contributed by atoms with Crippen molar-refractivity contribution in [2.45, 2.75) is 25.9 Å². The van der Waals surface area contributed by atoms with E-state index in [0.29, 0.717) is 12.1 Å². The lowest BCUT2D eigenvalue weighted by molar-refractivity contribution is 0.499. The van der Waals surface area contributed by atoms with Gasteiger partial charge < -0.3 is 5.32 Å². The van der Waals surface area contributed by atoms with E-state index in [9.17, 15) is 0 Å². The zero-order chi connectivity index (χ0) is 12.3. The van der Waals surface area contributed by atoms with Gasteiger partial charge >= 0.3 is 0 Å². The minimum Gasteiger partial charge on any atom is -0.303 e. The molecule has 1 N–H and O–H groups in total. The zero-order valence-corrected chi connectivity index (χ0v) is 12.3. The number of aromatic nitrogens is 1. The molecule has 90 valence electrons. The van der Waals surface area contributed by atoms with Gasteiger partial charge in [-0.1, -0.05) is 0 Å². The first-order valence-electron chi connectivity index (χ1n) is 5.57. The highest BCUT2D eigenvalue weighted by Gasteiger charge is 2.14. The Labute approximate surface area is 114 Å². The standard InChI is InChI=1S/C13H15BrN2S/c1-9(11-3-6-15-7-4-11)16-10(2)13-12(14)5-8-17-13/h3-10,16H,1-2H3/t9-,10?/m0/s1. The lowest BCUT2D eigenvalue weighted by atomic mass is 10.1. The predicted octanol–water partition coefficient (Wildman–Crippen LogP) is 4.32. The zero-order valence-electron chi connectivity index (χ0n) is 9.85. The summed E-state index contributed by atoms with van der Waals surface area (Å²) in [6, 6.07) is 6.85. The average Bonchev–Trinajstić information content (AvgIpc) is 2.76. The van der Waals surface area contributed by atoms with Crippen molar-refractivity contribution < 1.29 is 0 Å². The fourth-order valence-corrected chi connectivity index (χ4v) is 3.55. The van der Waals surface area contributed by atoms with Gasteiger partial charge in [-0.25, -0.2) is 0 Å². The first-order valence-corrected chi connectivity index (χ1v) is 7.24. The monoisotopic (exact) mass is 310 g/mol. The maximum absolute atomic E-state index is 4.04. The molecule has 2 aromatic heterocycles. The van der Waals surface area contributed by atoms with Crippen LogP contribution < -0.4 is 5.32 Å². The Morgan fingerprint density at radius 2 is 1.88 bits per heavy atom. The summed E-state index contributed by atoms with van der Waals surface area (Å²) in [5.41, 5.74) is 1.26. The molecule has 0 saturated heterocycles. The molecule has 0 aromatic carbocycles. The van der Waals surface area contributed by atoms with E-state index in [0.717, 1.165) is 0 Å². The highest BCUT2D eigenvalue weighted by atomic mass is 79.9. The maximum Gasteiger partial charge on any atom is 0.0402 e. The van der Waals surface area contributed by atoms with Crippen LogP contribution in [0.1, 0.15) is 36.4 Å². The Morgan fingerprint density at radius 1 is 1.18 bits per heavy atom. The quantitative estimate of drug-likeness (QED) is 0.909. The van der Waals surface area contributed by atoms with E-state index in [2.05, 4.69) is 51.5 Å². The molecular weight excluding hydrogens is 296 g/mol. The van der Waals surface area contributed by atoms with Crippen LogP contribution in [0.2, 0.25) is 0 Å². The van der Waals surface area contributed by atoms with E-state index in [1.165, 1.54) is 14.9 Å². The SMILES string of the molecule is CC(N[C@@H](C)c1ccncc1)c1sccc1Br. The Balaban J connectivity index is 2.05. The Bertz CT molecular complexity index is 469.